The standard InChI is InChI=1S/C9H9BrFNO3/c10-8-7(5(13)1-2-12)4(11)3-6(14)9(8)15/h3,14-15H,1-2,12H2. The first-order valence-corrected chi connectivity index (χ1v) is 4.91. The molecule has 1 aromatic carbocycles. The monoisotopic (exact) mass is 277 g/mol. The van der Waals surface area contributed by atoms with Crippen LogP contribution in [0.1, 0.15) is 16.8 Å². The second-order valence-electron chi connectivity index (χ2n) is 2.88. The molecule has 15 heavy (non-hydrogen) atoms. The molecular weight excluding hydrogens is 269 g/mol. The van der Waals surface area contributed by atoms with Crippen LogP contribution in [0, 0.1) is 5.82 Å². The highest BCUT2D eigenvalue weighted by Gasteiger charge is 2.20. The number of halogens is 2. The number of phenols is 2. The van der Waals surface area contributed by atoms with Gasteiger partial charge in [0.2, 0.25) is 0 Å². The van der Waals surface area contributed by atoms with Crippen LogP contribution in [0.4, 0.5) is 4.39 Å². The van der Waals surface area contributed by atoms with Gasteiger partial charge in [-0.05, 0) is 22.5 Å². The van der Waals surface area contributed by atoms with Gasteiger partial charge in [-0.15, -0.1) is 0 Å². The molecule has 82 valence electrons. The van der Waals surface area contributed by atoms with Gasteiger partial charge in [0.1, 0.15) is 5.82 Å². The Labute approximate surface area is 93.6 Å². The van der Waals surface area contributed by atoms with E-state index in [0.29, 0.717) is 6.07 Å². The number of hydrogen-bond donors (Lipinski definition) is 3. The largest absolute Gasteiger partial charge is 0.504 e. The van der Waals surface area contributed by atoms with Gasteiger partial charge < -0.3 is 15.9 Å². The molecule has 0 heterocycles. The number of phenolic OH excluding ortho intramolecular Hbond substituents is 2. The topological polar surface area (TPSA) is 83.6 Å². The zero-order valence-electron chi connectivity index (χ0n) is 7.63. The summed E-state index contributed by atoms with van der Waals surface area (Å²) >= 11 is 2.84. The Bertz CT molecular complexity index is 409. The Morgan fingerprint density at radius 2 is 2.13 bits per heavy atom. The molecule has 4 nitrogen and oxygen atoms in total. The van der Waals surface area contributed by atoms with Crippen molar-refractivity contribution < 1.29 is 19.4 Å². The SMILES string of the molecule is NCCC(=O)c1c(F)cc(O)c(O)c1Br. The predicted molar refractivity (Wildman–Crippen MR) is 55.4 cm³/mol. The molecule has 0 aliphatic carbocycles. The summed E-state index contributed by atoms with van der Waals surface area (Å²) in [5.74, 6) is -2.60. The summed E-state index contributed by atoms with van der Waals surface area (Å²) < 4.78 is 13.1. The lowest BCUT2D eigenvalue weighted by molar-refractivity contribution is 0.0980. The summed E-state index contributed by atoms with van der Waals surface area (Å²) in [6.45, 7) is 0.0896. The Morgan fingerprint density at radius 1 is 1.53 bits per heavy atom. The Hall–Kier alpha value is -1.14. The highest BCUT2D eigenvalue weighted by atomic mass is 79.9. The molecule has 0 bridgehead atoms. The van der Waals surface area contributed by atoms with E-state index >= 15 is 0 Å². The predicted octanol–water partition coefficient (Wildman–Crippen LogP) is 1.53. The maximum Gasteiger partial charge on any atom is 0.172 e. The molecule has 0 spiro atoms. The van der Waals surface area contributed by atoms with Crippen LogP contribution in [-0.2, 0) is 0 Å². The van der Waals surface area contributed by atoms with Gasteiger partial charge in [0.15, 0.2) is 17.3 Å². The van der Waals surface area contributed by atoms with Crippen LogP contribution in [0.25, 0.3) is 0 Å². The third-order valence-electron chi connectivity index (χ3n) is 1.82. The van der Waals surface area contributed by atoms with Crippen LogP contribution in [0.2, 0.25) is 0 Å². The zero-order valence-corrected chi connectivity index (χ0v) is 9.21. The number of aromatic hydroxyl groups is 2. The number of benzene rings is 1. The summed E-state index contributed by atoms with van der Waals surface area (Å²) in [6, 6.07) is 0.684. The first kappa shape index (κ1) is 11.9. The van der Waals surface area contributed by atoms with Crippen molar-refractivity contribution in [3.8, 4) is 11.5 Å². The molecule has 6 heteroatoms. The van der Waals surface area contributed by atoms with E-state index in [9.17, 15) is 14.3 Å². The molecule has 0 amide bonds. The fourth-order valence-electron chi connectivity index (χ4n) is 1.11. The van der Waals surface area contributed by atoms with Crippen molar-refractivity contribution in [2.45, 2.75) is 6.42 Å². The average Bonchev–Trinajstić information content (AvgIpc) is 2.15. The molecule has 1 aromatic rings. The molecule has 0 fully saturated rings. The van der Waals surface area contributed by atoms with E-state index in [1.165, 1.54) is 0 Å². The number of nitrogens with two attached hydrogens (primary N) is 1. The van der Waals surface area contributed by atoms with E-state index in [1.807, 2.05) is 0 Å². The van der Waals surface area contributed by atoms with Crippen molar-refractivity contribution in [3.63, 3.8) is 0 Å². The van der Waals surface area contributed by atoms with Crippen molar-refractivity contribution in [1.82, 2.24) is 0 Å². The average molecular weight is 278 g/mol. The van der Waals surface area contributed by atoms with Gasteiger partial charge in [0.25, 0.3) is 0 Å². The fraction of sp³-hybridized carbons (Fsp3) is 0.222. The molecular formula is C9H9BrFNO3. The minimum absolute atomic E-state index is 0.0280. The van der Waals surface area contributed by atoms with E-state index in [0.717, 1.165) is 0 Å². The van der Waals surface area contributed by atoms with Gasteiger partial charge >= 0.3 is 0 Å². The fourth-order valence-corrected chi connectivity index (χ4v) is 1.72. The summed E-state index contributed by atoms with van der Waals surface area (Å²) in [6.07, 6.45) is -0.0280. The minimum atomic E-state index is -0.893. The first-order valence-electron chi connectivity index (χ1n) is 4.12. The van der Waals surface area contributed by atoms with Gasteiger partial charge in [-0.1, -0.05) is 0 Å². The van der Waals surface area contributed by atoms with Gasteiger partial charge in [-0.2, -0.15) is 0 Å². The van der Waals surface area contributed by atoms with Crippen LogP contribution in [-0.4, -0.2) is 22.5 Å². The number of rotatable bonds is 3. The Balaban J connectivity index is 3.29. The highest BCUT2D eigenvalue weighted by Crippen LogP contribution is 2.37. The third kappa shape index (κ3) is 2.27. The molecule has 1 rings (SSSR count). The highest BCUT2D eigenvalue weighted by molar-refractivity contribution is 9.10. The summed E-state index contributed by atoms with van der Waals surface area (Å²) in [5, 5.41) is 18.3. The van der Waals surface area contributed by atoms with Crippen molar-refractivity contribution in [2.75, 3.05) is 6.54 Å². The maximum absolute atomic E-state index is 13.3. The lowest BCUT2D eigenvalue weighted by Gasteiger charge is -2.07. The van der Waals surface area contributed by atoms with Crippen molar-refractivity contribution in [3.05, 3.63) is 21.9 Å². The van der Waals surface area contributed by atoms with Gasteiger partial charge in [-0.25, -0.2) is 4.39 Å². The van der Waals surface area contributed by atoms with E-state index in [-0.39, 0.29) is 23.0 Å². The summed E-state index contributed by atoms with van der Waals surface area (Å²) in [5.41, 5.74) is 4.87. The zero-order chi connectivity index (χ0) is 11.6. The van der Waals surface area contributed by atoms with E-state index in [4.69, 9.17) is 10.8 Å². The quantitative estimate of drug-likeness (QED) is 0.578. The van der Waals surface area contributed by atoms with E-state index in [1.54, 1.807) is 0 Å². The molecule has 0 atom stereocenters. The molecule has 0 aliphatic rings. The summed E-state index contributed by atoms with van der Waals surface area (Å²) in [7, 11) is 0. The number of carbonyl (C=O) groups is 1. The molecule has 0 aromatic heterocycles. The van der Waals surface area contributed by atoms with Crippen molar-refractivity contribution >= 4 is 21.7 Å². The number of Topliss-reactive ketones (excluding diaryl/α,β-unsaturated/α-hetero) is 1. The van der Waals surface area contributed by atoms with Crippen LogP contribution in [0.3, 0.4) is 0 Å². The van der Waals surface area contributed by atoms with Crippen molar-refractivity contribution in [2.24, 2.45) is 5.73 Å². The Morgan fingerprint density at radius 3 is 2.67 bits per heavy atom. The number of carbonyl (C=O) groups excluding carboxylic acids is 1. The van der Waals surface area contributed by atoms with Crippen LogP contribution < -0.4 is 5.73 Å². The summed E-state index contributed by atoms with van der Waals surface area (Å²) in [4.78, 5) is 11.4. The lowest BCUT2D eigenvalue weighted by atomic mass is 10.1. The molecule has 0 aliphatic heterocycles. The number of hydrogen-bond acceptors (Lipinski definition) is 4. The maximum atomic E-state index is 13.3. The van der Waals surface area contributed by atoms with Gasteiger partial charge in [-0.3, -0.25) is 4.79 Å². The van der Waals surface area contributed by atoms with Crippen molar-refractivity contribution in [1.29, 1.82) is 0 Å². The van der Waals surface area contributed by atoms with Crippen LogP contribution in [0.5, 0.6) is 11.5 Å². The van der Waals surface area contributed by atoms with Gasteiger partial charge in [0.05, 0.1) is 10.0 Å². The second kappa shape index (κ2) is 4.59. The minimum Gasteiger partial charge on any atom is -0.504 e. The third-order valence-corrected chi connectivity index (χ3v) is 2.59. The van der Waals surface area contributed by atoms with Crippen LogP contribution >= 0.6 is 15.9 Å². The molecule has 0 unspecified atom stereocenters. The van der Waals surface area contributed by atoms with Crippen LogP contribution in [0.15, 0.2) is 10.5 Å². The molecule has 0 saturated heterocycles. The lowest BCUT2D eigenvalue weighted by Crippen LogP contribution is -2.10. The number of ketones is 1. The smallest absolute Gasteiger partial charge is 0.172 e. The molecule has 0 radical (unpaired) electrons. The van der Waals surface area contributed by atoms with Gasteiger partial charge in [0, 0.05) is 12.5 Å². The van der Waals surface area contributed by atoms with E-state index in [2.05, 4.69) is 15.9 Å². The Kier molecular flexibility index (Phi) is 3.65. The first-order chi connectivity index (χ1) is 6.99. The van der Waals surface area contributed by atoms with E-state index < -0.39 is 23.1 Å². The molecule has 4 N–H and O–H groups in total. The normalized spacial score (nSPS) is 10.3. The molecule has 0 saturated carbocycles. The second-order valence-corrected chi connectivity index (χ2v) is 3.67.